The van der Waals surface area contributed by atoms with Gasteiger partial charge in [-0.25, -0.2) is 0 Å². The zero-order valence-electron chi connectivity index (χ0n) is 2.36. The second kappa shape index (κ2) is 30.4. The minimum absolute atomic E-state index is 0. The molecule has 0 aliphatic carbocycles. The minimum atomic E-state index is 0. The summed E-state index contributed by atoms with van der Waals surface area (Å²) in [6.07, 6.45) is 0. The number of hydrogen-bond acceptors (Lipinski definition) is 0. The molecule has 0 heterocycles. The molecular weight excluding hydrogens is 238 g/mol. The summed E-state index contributed by atoms with van der Waals surface area (Å²) in [5, 5.41) is 0. The molecule has 0 aliphatic heterocycles. The Balaban J connectivity index is 0. The fourth-order valence-electron chi connectivity index (χ4n) is 0. The molecule has 3 radical (unpaired) electrons. The molecule has 0 aromatic carbocycles. The van der Waals surface area contributed by atoms with Crippen LogP contribution in [0, 0.1) is 0 Å². The van der Waals surface area contributed by atoms with E-state index in [1.807, 2.05) is 0 Å². The van der Waals surface area contributed by atoms with Gasteiger partial charge < -0.3 is 16.8 Å². The molecule has 0 saturated carbocycles. The predicted octanol–water partition coefficient (Wildman–Crippen LogP) is -3.01. The molecule has 0 bridgehead atoms. The van der Waals surface area contributed by atoms with E-state index in [-0.39, 0.29) is 86.0 Å². The molecule has 31 valence electrons. The molecular formula is Co2LiMnNi+5. The summed E-state index contributed by atoms with van der Waals surface area (Å²) in [6.45, 7) is 0. The van der Waals surface area contributed by atoms with Gasteiger partial charge in [-0.15, -0.1) is 0 Å². The topological polar surface area (TPSA) is 0 Å². The summed E-state index contributed by atoms with van der Waals surface area (Å²) < 4.78 is 0. The van der Waals surface area contributed by atoms with E-state index in [2.05, 4.69) is 0 Å². The van der Waals surface area contributed by atoms with Gasteiger partial charge in [-0.2, -0.15) is 0 Å². The van der Waals surface area contributed by atoms with Crippen LogP contribution in [0.1, 0.15) is 0 Å². The van der Waals surface area contributed by atoms with Crippen LogP contribution in [-0.4, -0.2) is 0 Å². The quantitative estimate of drug-likeness (QED) is 0.395. The van der Waals surface area contributed by atoms with Crippen molar-refractivity contribution in [1.29, 1.82) is 0 Å². The van der Waals surface area contributed by atoms with Crippen LogP contribution in [-0.2, 0) is 67.1 Å². The first kappa shape index (κ1) is 48.6. The summed E-state index contributed by atoms with van der Waals surface area (Å²) in [4.78, 5) is 0. The van der Waals surface area contributed by atoms with Crippen LogP contribution in [0.25, 0.3) is 0 Å². The molecule has 0 saturated heterocycles. The minimum Gasteiger partial charge on any atom is -2.00 e. The van der Waals surface area contributed by atoms with Crippen LogP contribution in [0.15, 0.2) is 0 Å². The average molecular weight is 238 g/mol. The van der Waals surface area contributed by atoms with Crippen molar-refractivity contribution in [1.82, 2.24) is 0 Å². The third-order valence-electron chi connectivity index (χ3n) is 0. The van der Waals surface area contributed by atoms with E-state index in [1.54, 1.807) is 0 Å². The van der Waals surface area contributed by atoms with E-state index in [9.17, 15) is 0 Å². The van der Waals surface area contributed by atoms with Gasteiger partial charge in [0.2, 0.25) is 0 Å². The molecule has 0 spiro atoms. The van der Waals surface area contributed by atoms with Crippen LogP contribution in [0.4, 0.5) is 0 Å². The molecule has 0 aliphatic rings. The van der Waals surface area contributed by atoms with Gasteiger partial charge in [-0.05, 0) is 0 Å². The van der Waals surface area contributed by atoms with Gasteiger partial charge in [0.15, 0.2) is 0 Å². The van der Waals surface area contributed by atoms with Crippen molar-refractivity contribution in [2.24, 2.45) is 0 Å². The van der Waals surface area contributed by atoms with Gasteiger partial charge in [-0.1, -0.05) is 0 Å². The summed E-state index contributed by atoms with van der Waals surface area (Å²) in [7, 11) is 0. The Morgan fingerprint density at radius 3 is 1.00 bits per heavy atom. The van der Waals surface area contributed by atoms with E-state index in [0.29, 0.717) is 0 Å². The van der Waals surface area contributed by atoms with E-state index in [4.69, 9.17) is 0 Å². The monoisotopic (exact) mass is 238 g/mol. The molecule has 0 amide bonds. The Hall–Kier alpha value is 2.62. The molecule has 0 N–H and O–H groups in total. The summed E-state index contributed by atoms with van der Waals surface area (Å²) in [5.74, 6) is 0. The van der Waals surface area contributed by atoms with Crippen LogP contribution >= 0.6 is 0 Å². The van der Waals surface area contributed by atoms with Crippen LogP contribution in [0.2, 0.25) is 0 Å². The fraction of sp³-hybridized carbons (Fsp3) is 0. The van der Waals surface area contributed by atoms with Gasteiger partial charge in [0, 0.05) is 0 Å². The van der Waals surface area contributed by atoms with Gasteiger partial charge in [0.25, 0.3) is 0 Å². The van der Waals surface area contributed by atoms with E-state index < -0.39 is 0 Å². The van der Waals surface area contributed by atoms with E-state index in [0.717, 1.165) is 0 Å². The molecule has 0 unspecified atom stereocenters. The molecule has 0 nitrogen and oxygen atoms in total. The van der Waals surface area contributed by atoms with Crippen LogP contribution in [0.3, 0.4) is 0 Å². The SMILES string of the molecule is [Co+2].[Co-2].[Li+].[Mn+2].[Ni+2]. The summed E-state index contributed by atoms with van der Waals surface area (Å²) in [5.41, 5.74) is 0. The van der Waals surface area contributed by atoms with Crippen LogP contribution in [0.5, 0.6) is 0 Å². The third kappa shape index (κ3) is 20.6. The van der Waals surface area contributed by atoms with Crippen LogP contribution < -0.4 is 18.9 Å². The Labute approximate surface area is 84.9 Å². The van der Waals surface area contributed by atoms with E-state index in [1.165, 1.54) is 0 Å². The molecule has 5 heavy (non-hydrogen) atoms. The Bertz CT molecular complexity index is 9.61. The normalized spacial score (nSPS) is 0. The zero-order chi connectivity index (χ0) is 0. The standard InChI is InChI=1S/2Co.Li.Mn.Ni/q-2;+2;+1;2*+2. The maximum absolute atomic E-state index is 0. The molecule has 0 rings (SSSR count). The first-order chi connectivity index (χ1) is 0. The predicted molar refractivity (Wildman–Crippen MR) is 0 cm³/mol. The summed E-state index contributed by atoms with van der Waals surface area (Å²) >= 11 is 0. The Kier molecular flexibility index (Phi) is 296. The first-order valence-corrected chi connectivity index (χ1v) is 0. The van der Waals surface area contributed by atoms with Crippen molar-refractivity contribution in [3.05, 3.63) is 0 Å². The second-order valence-electron chi connectivity index (χ2n) is 0. The average Bonchev–Trinajstić information content (AvgIpc) is 0. The molecule has 0 fully saturated rings. The van der Waals surface area contributed by atoms with Gasteiger partial charge in [0.1, 0.15) is 0 Å². The fourth-order valence-corrected chi connectivity index (χ4v) is 0. The molecule has 5 heteroatoms. The maximum atomic E-state index is 0. The van der Waals surface area contributed by atoms with Gasteiger partial charge in [0.05, 0.1) is 0 Å². The molecule has 0 aromatic heterocycles. The van der Waals surface area contributed by atoms with Crippen molar-refractivity contribution in [2.75, 3.05) is 0 Å². The first-order valence-electron chi connectivity index (χ1n) is 0. The van der Waals surface area contributed by atoms with Gasteiger partial charge >= 0.3 is 69.2 Å². The molecule has 0 atom stereocenters. The Morgan fingerprint density at radius 2 is 1.00 bits per heavy atom. The van der Waals surface area contributed by atoms with Gasteiger partial charge in [-0.3, -0.25) is 0 Å². The summed E-state index contributed by atoms with van der Waals surface area (Å²) in [6, 6.07) is 0. The number of rotatable bonds is 0. The Morgan fingerprint density at radius 1 is 1.00 bits per heavy atom. The van der Waals surface area contributed by atoms with E-state index >= 15 is 0 Å². The van der Waals surface area contributed by atoms with Crippen molar-refractivity contribution >= 4 is 0 Å². The van der Waals surface area contributed by atoms with Crippen molar-refractivity contribution in [3.63, 3.8) is 0 Å². The largest absolute Gasteiger partial charge is 2.00 e. The second-order valence-corrected chi connectivity index (χ2v) is 0. The molecule has 0 aromatic rings. The van der Waals surface area contributed by atoms with Crippen molar-refractivity contribution in [3.8, 4) is 0 Å². The maximum Gasteiger partial charge on any atom is 2.00 e. The van der Waals surface area contributed by atoms with Crippen molar-refractivity contribution in [2.45, 2.75) is 0 Å². The zero-order valence-corrected chi connectivity index (χ0v) is 6.61. The number of hydrogen-bond donors (Lipinski definition) is 0. The third-order valence-corrected chi connectivity index (χ3v) is 0. The van der Waals surface area contributed by atoms with Crippen molar-refractivity contribution < 1.29 is 86.0 Å². The smallest absolute Gasteiger partial charge is 2.00 e.